The standard InChI is InChI=1S/C25H24N6O4S2/c32-18(14-20-28-19(16-36-20)23(33)30-10-12-35-13-11-30)15-37-25-29-22-21(26-7-8-27-22)24(34)31(25)9-6-17-4-2-1-3-5-17/h1-5,7-8,16H,6,9-15H2. The van der Waals surface area contributed by atoms with Gasteiger partial charge in [-0.25, -0.2) is 19.9 Å². The van der Waals surface area contributed by atoms with Crippen LogP contribution in [0.2, 0.25) is 0 Å². The van der Waals surface area contributed by atoms with Gasteiger partial charge in [0.1, 0.15) is 16.5 Å². The summed E-state index contributed by atoms with van der Waals surface area (Å²) in [5.74, 6) is -0.111. The van der Waals surface area contributed by atoms with E-state index in [0.29, 0.717) is 55.1 Å². The molecule has 10 nitrogen and oxygen atoms in total. The lowest BCUT2D eigenvalue weighted by Gasteiger charge is -2.25. The highest BCUT2D eigenvalue weighted by Crippen LogP contribution is 2.19. The molecule has 1 amide bonds. The number of carbonyl (C=O) groups is 2. The first-order valence-corrected chi connectivity index (χ1v) is 13.7. The highest BCUT2D eigenvalue weighted by molar-refractivity contribution is 7.99. The van der Waals surface area contributed by atoms with Gasteiger partial charge < -0.3 is 9.64 Å². The van der Waals surface area contributed by atoms with Crippen LogP contribution in [0.25, 0.3) is 11.2 Å². The zero-order valence-electron chi connectivity index (χ0n) is 19.9. The Labute approximate surface area is 220 Å². The van der Waals surface area contributed by atoms with Gasteiger partial charge in [0.05, 0.1) is 25.4 Å². The van der Waals surface area contributed by atoms with Gasteiger partial charge in [-0.3, -0.25) is 19.0 Å². The first kappa shape index (κ1) is 25.2. The number of carbonyl (C=O) groups excluding carboxylic acids is 2. The maximum Gasteiger partial charge on any atom is 0.282 e. The molecule has 1 saturated heterocycles. The van der Waals surface area contributed by atoms with Crippen molar-refractivity contribution in [3.05, 3.63) is 74.7 Å². The van der Waals surface area contributed by atoms with Gasteiger partial charge >= 0.3 is 0 Å². The molecule has 1 aromatic carbocycles. The van der Waals surface area contributed by atoms with Gasteiger partial charge in [-0.1, -0.05) is 42.1 Å². The molecule has 37 heavy (non-hydrogen) atoms. The third-order valence-electron chi connectivity index (χ3n) is 5.81. The molecule has 4 heterocycles. The average molecular weight is 537 g/mol. The second-order valence-corrected chi connectivity index (χ2v) is 10.2. The molecule has 0 atom stereocenters. The van der Waals surface area contributed by atoms with Crippen molar-refractivity contribution in [2.75, 3.05) is 32.1 Å². The largest absolute Gasteiger partial charge is 0.378 e. The Morgan fingerprint density at radius 2 is 1.84 bits per heavy atom. The van der Waals surface area contributed by atoms with Crippen LogP contribution in [0.4, 0.5) is 0 Å². The summed E-state index contributed by atoms with van der Waals surface area (Å²) in [6.07, 6.45) is 3.70. The number of thiazole rings is 1. The Kier molecular flexibility index (Phi) is 7.97. The number of nitrogens with zero attached hydrogens (tertiary/aromatic N) is 6. The molecule has 190 valence electrons. The van der Waals surface area contributed by atoms with Gasteiger partial charge in [-0.2, -0.15) is 0 Å². The number of hydrogen-bond acceptors (Lipinski definition) is 10. The van der Waals surface area contributed by atoms with Gasteiger partial charge in [-0.05, 0) is 12.0 Å². The molecule has 0 spiro atoms. The number of hydrogen-bond donors (Lipinski definition) is 0. The van der Waals surface area contributed by atoms with Crippen molar-refractivity contribution < 1.29 is 14.3 Å². The van der Waals surface area contributed by atoms with Crippen molar-refractivity contribution in [1.29, 1.82) is 0 Å². The van der Waals surface area contributed by atoms with Crippen LogP contribution in [0.1, 0.15) is 21.1 Å². The van der Waals surface area contributed by atoms with E-state index in [-0.39, 0.29) is 40.6 Å². The molecule has 1 fully saturated rings. The Hall–Kier alpha value is -3.48. The number of Topliss-reactive ketones (excluding diaryl/α,β-unsaturated/α-hetero) is 1. The lowest BCUT2D eigenvalue weighted by molar-refractivity contribution is -0.116. The van der Waals surface area contributed by atoms with E-state index in [9.17, 15) is 14.4 Å². The monoisotopic (exact) mass is 536 g/mol. The van der Waals surface area contributed by atoms with Crippen LogP contribution in [0.5, 0.6) is 0 Å². The second kappa shape index (κ2) is 11.7. The summed E-state index contributed by atoms with van der Waals surface area (Å²) in [5, 5.41) is 2.70. The molecule has 0 aliphatic carbocycles. The van der Waals surface area contributed by atoms with E-state index in [1.54, 1.807) is 14.8 Å². The molecule has 0 N–H and O–H groups in total. The van der Waals surface area contributed by atoms with Crippen LogP contribution < -0.4 is 5.56 Å². The number of amides is 1. The molecule has 0 radical (unpaired) electrons. The van der Waals surface area contributed by atoms with Gasteiger partial charge in [0.2, 0.25) is 0 Å². The summed E-state index contributed by atoms with van der Waals surface area (Å²) >= 11 is 2.49. The first-order valence-electron chi connectivity index (χ1n) is 11.8. The number of aromatic nitrogens is 5. The lowest BCUT2D eigenvalue weighted by atomic mass is 10.1. The molecule has 1 aliphatic rings. The lowest BCUT2D eigenvalue weighted by Crippen LogP contribution is -2.40. The van der Waals surface area contributed by atoms with E-state index in [0.717, 1.165) is 5.56 Å². The molecule has 0 saturated carbocycles. The number of benzene rings is 1. The number of ketones is 1. The summed E-state index contributed by atoms with van der Waals surface area (Å²) in [5.41, 5.74) is 1.62. The van der Waals surface area contributed by atoms with E-state index < -0.39 is 0 Å². The molecule has 1 aliphatic heterocycles. The second-order valence-electron chi connectivity index (χ2n) is 8.35. The Morgan fingerprint density at radius 3 is 2.65 bits per heavy atom. The number of thioether (sulfide) groups is 1. The van der Waals surface area contributed by atoms with Gasteiger partial charge in [-0.15, -0.1) is 11.3 Å². The summed E-state index contributed by atoms with van der Waals surface area (Å²) < 4.78 is 6.85. The predicted molar refractivity (Wildman–Crippen MR) is 140 cm³/mol. The van der Waals surface area contributed by atoms with Gasteiger partial charge in [0.25, 0.3) is 11.5 Å². The third kappa shape index (κ3) is 6.09. The molecule has 0 bridgehead atoms. The zero-order valence-corrected chi connectivity index (χ0v) is 21.5. The highest BCUT2D eigenvalue weighted by Gasteiger charge is 2.22. The van der Waals surface area contributed by atoms with Gasteiger partial charge in [0, 0.05) is 37.4 Å². The molecule has 4 aromatic rings. The van der Waals surface area contributed by atoms with Crippen LogP contribution >= 0.6 is 23.1 Å². The molecular formula is C25H24N6O4S2. The predicted octanol–water partition coefficient (Wildman–Crippen LogP) is 2.26. The van der Waals surface area contributed by atoms with Crippen molar-refractivity contribution in [2.45, 2.75) is 24.5 Å². The van der Waals surface area contributed by atoms with Gasteiger partial charge in [0.15, 0.2) is 16.3 Å². The van der Waals surface area contributed by atoms with Crippen molar-refractivity contribution in [1.82, 2.24) is 29.4 Å². The molecular weight excluding hydrogens is 512 g/mol. The number of fused-ring (bicyclic) bond motifs is 1. The number of ether oxygens (including phenoxy) is 1. The van der Waals surface area contributed by atoms with Crippen LogP contribution in [0.3, 0.4) is 0 Å². The van der Waals surface area contributed by atoms with Crippen molar-refractivity contribution >= 4 is 46.0 Å². The van der Waals surface area contributed by atoms with Crippen molar-refractivity contribution in [2.24, 2.45) is 0 Å². The first-order chi connectivity index (χ1) is 18.1. The van der Waals surface area contributed by atoms with E-state index >= 15 is 0 Å². The van der Waals surface area contributed by atoms with Crippen LogP contribution in [-0.2, 0) is 28.9 Å². The summed E-state index contributed by atoms with van der Waals surface area (Å²) in [6, 6.07) is 9.85. The van der Waals surface area contributed by atoms with Crippen LogP contribution in [0, 0.1) is 0 Å². The normalized spacial score (nSPS) is 13.7. The summed E-state index contributed by atoms with van der Waals surface area (Å²) in [7, 11) is 0. The van der Waals surface area contributed by atoms with E-state index in [4.69, 9.17) is 4.74 Å². The minimum Gasteiger partial charge on any atom is -0.378 e. The highest BCUT2D eigenvalue weighted by atomic mass is 32.2. The topological polar surface area (TPSA) is 120 Å². The fourth-order valence-electron chi connectivity index (χ4n) is 3.91. The minimum atomic E-state index is -0.282. The number of rotatable bonds is 9. The van der Waals surface area contributed by atoms with Crippen molar-refractivity contribution in [3.8, 4) is 0 Å². The molecule has 12 heteroatoms. The van der Waals surface area contributed by atoms with Crippen LogP contribution in [0.15, 0.2) is 58.1 Å². The molecule has 5 rings (SSSR count). The Morgan fingerprint density at radius 1 is 1.05 bits per heavy atom. The van der Waals surface area contributed by atoms with E-state index in [1.807, 2.05) is 30.3 Å². The molecule has 3 aromatic heterocycles. The van der Waals surface area contributed by atoms with E-state index in [1.165, 1.54) is 35.5 Å². The Bertz CT molecular complexity index is 1470. The van der Waals surface area contributed by atoms with E-state index in [2.05, 4.69) is 19.9 Å². The Balaban J connectivity index is 1.27. The minimum absolute atomic E-state index is 0.0761. The smallest absolute Gasteiger partial charge is 0.282 e. The maximum absolute atomic E-state index is 13.2. The summed E-state index contributed by atoms with van der Waals surface area (Å²) in [6.45, 7) is 2.51. The number of morpholine rings is 1. The number of aryl methyl sites for hydroxylation is 1. The summed E-state index contributed by atoms with van der Waals surface area (Å²) in [4.78, 5) is 57.6. The quantitative estimate of drug-likeness (QED) is 0.234. The third-order valence-corrected chi connectivity index (χ3v) is 7.69. The maximum atomic E-state index is 13.2. The van der Waals surface area contributed by atoms with Crippen molar-refractivity contribution in [3.63, 3.8) is 0 Å². The molecule has 0 unspecified atom stereocenters. The zero-order chi connectivity index (χ0) is 25.6. The fourth-order valence-corrected chi connectivity index (χ4v) is 5.58. The average Bonchev–Trinajstić information content (AvgIpc) is 3.40. The fraction of sp³-hybridized carbons (Fsp3) is 0.320. The van der Waals surface area contributed by atoms with Crippen LogP contribution in [-0.4, -0.2) is 73.1 Å². The SMILES string of the molecule is O=C(CSc1nc2nccnc2c(=O)n1CCc1ccccc1)Cc1nc(C(=O)N2CCOCC2)cs1.